The Morgan fingerprint density at radius 1 is 1.60 bits per heavy atom. The van der Waals surface area contributed by atoms with E-state index in [4.69, 9.17) is 9.52 Å². The van der Waals surface area contributed by atoms with Crippen LogP contribution in [-0.4, -0.2) is 17.1 Å². The van der Waals surface area contributed by atoms with Crippen LogP contribution in [0.2, 0.25) is 0 Å². The third kappa shape index (κ3) is 4.16. The average Bonchev–Trinajstić information content (AvgIpc) is 2.63. The first kappa shape index (κ1) is 11.8. The average molecular weight is 211 g/mol. The fourth-order valence-corrected chi connectivity index (χ4v) is 1.38. The molecule has 0 bridgehead atoms. The molecule has 1 atom stereocenters. The minimum Gasteiger partial charge on any atom is -0.480 e. The predicted molar refractivity (Wildman–Crippen MR) is 56.4 cm³/mol. The normalized spacial score (nSPS) is 13.0. The number of aliphatic carboxylic acids is 1. The van der Waals surface area contributed by atoms with Gasteiger partial charge in [0, 0.05) is 0 Å². The van der Waals surface area contributed by atoms with Crippen LogP contribution < -0.4 is 5.32 Å². The van der Waals surface area contributed by atoms with Crippen LogP contribution in [0, 0.1) is 5.92 Å². The molecule has 15 heavy (non-hydrogen) atoms. The SMILES string of the molecule is CC(C)CC(NCc1ccco1)C(=O)O. The van der Waals surface area contributed by atoms with Crippen molar-refractivity contribution in [2.45, 2.75) is 32.9 Å². The minimum atomic E-state index is -0.810. The molecular formula is C11H17NO3. The highest BCUT2D eigenvalue weighted by molar-refractivity contribution is 5.73. The number of nitrogens with one attached hydrogen (secondary N) is 1. The molecule has 0 amide bonds. The summed E-state index contributed by atoms with van der Waals surface area (Å²) in [6.07, 6.45) is 2.20. The second-order valence-electron chi connectivity index (χ2n) is 3.98. The lowest BCUT2D eigenvalue weighted by Crippen LogP contribution is -2.37. The zero-order chi connectivity index (χ0) is 11.3. The van der Waals surface area contributed by atoms with Gasteiger partial charge in [0.25, 0.3) is 0 Å². The molecule has 0 aliphatic rings. The molecule has 84 valence electrons. The van der Waals surface area contributed by atoms with Crippen molar-refractivity contribution in [2.75, 3.05) is 0 Å². The maximum absolute atomic E-state index is 10.9. The van der Waals surface area contributed by atoms with E-state index in [1.807, 2.05) is 19.9 Å². The van der Waals surface area contributed by atoms with Crippen molar-refractivity contribution < 1.29 is 14.3 Å². The van der Waals surface area contributed by atoms with Crippen molar-refractivity contribution in [3.63, 3.8) is 0 Å². The lowest BCUT2D eigenvalue weighted by molar-refractivity contribution is -0.140. The zero-order valence-electron chi connectivity index (χ0n) is 9.06. The van der Waals surface area contributed by atoms with Gasteiger partial charge in [-0.2, -0.15) is 0 Å². The molecule has 1 aromatic rings. The Labute approximate surface area is 89.3 Å². The Balaban J connectivity index is 2.41. The lowest BCUT2D eigenvalue weighted by atomic mass is 10.0. The summed E-state index contributed by atoms with van der Waals surface area (Å²) in [4.78, 5) is 10.9. The second-order valence-corrected chi connectivity index (χ2v) is 3.98. The summed E-state index contributed by atoms with van der Waals surface area (Å²) in [5.41, 5.74) is 0. The number of rotatable bonds is 6. The van der Waals surface area contributed by atoms with Crippen LogP contribution in [0.15, 0.2) is 22.8 Å². The standard InChI is InChI=1S/C11H17NO3/c1-8(2)6-10(11(13)14)12-7-9-4-3-5-15-9/h3-5,8,10,12H,6-7H2,1-2H3,(H,13,14). The molecular weight excluding hydrogens is 194 g/mol. The molecule has 0 aromatic carbocycles. The molecule has 1 unspecified atom stereocenters. The summed E-state index contributed by atoms with van der Waals surface area (Å²) in [6, 6.07) is 3.10. The Hall–Kier alpha value is -1.29. The maximum Gasteiger partial charge on any atom is 0.320 e. The van der Waals surface area contributed by atoms with Gasteiger partial charge in [0.1, 0.15) is 11.8 Å². The van der Waals surface area contributed by atoms with Crippen LogP contribution in [-0.2, 0) is 11.3 Å². The van der Waals surface area contributed by atoms with Crippen LogP contribution in [0.3, 0.4) is 0 Å². The summed E-state index contributed by atoms with van der Waals surface area (Å²) in [7, 11) is 0. The highest BCUT2D eigenvalue weighted by atomic mass is 16.4. The second kappa shape index (κ2) is 5.56. The number of carbonyl (C=O) groups is 1. The topological polar surface area (TPSA) is 62.5 Å². The summed E-state index contributed by atoms with van der Waals surface area (Å²) < 4.78 is 5.11. The van der Waals surface area contributed by atoms with E-state index in [1.54, 1.807) is 12.3 Å². The fourth-order valence-electron chi connectivity index (χ4n) is 1.38. The molecule has 2 N–H and O–H groups in total. The van der Waals surface area contributed by atoms with Crippen molar-refractivity contribution in [1.29, 1.82) is 0 Å². The van der Waals surface area contributed by atoms with E-state index in [9.17, 15) is 4.79 Å². The van der Waals surface area contributed by atoms with E-state index in [1.165, 1.54) is 0 Å². The lowest BCUT2D eigenvalue weighted by Gasteiger charge is -2.15. The largest absolute Gasteiger partial charge is 0.480 e. The van der Waals surface area contributed by atoms with Gasteiger partial charge in [-0.1, -0.05) is 13.8 Å². The number of furan rings is 1. The molecule has 0 spiro atoms. The van der Waals surface area contributed by atoms with Gasteiger partial charge in [-0.3, -0.25) is 10.1 Å². The fraction of sp³-hybridized carbons (Fsp3) is 0.545. The molecule has 1 aromatic heterocycles. The Morgan fingerprint density at radius 3 is 2.80 bits per heavy atom. The van der Waals surface area contributed by atoms with Gasteiger partial charge in [-0.15, -0.1) is 0 Å². The third-order valence-electron chi connectivity index (χ3n) is 2.11. The van der Waals surface area contributed by atoms with Crippen LogP contribution in [0.1, 0.15) is 26.0 Å². The molecule has 0 fully saturated rings. The third-order valence-corrected chi connectivity index (χ3v) is 2.11. The van der Waals surface area contributed by atoms with Gasteiger partial charge in [0.2, 0.25) is 0 Å². The first-order chi connectivity index (χ1) is 7.09. The van der Waals surface area contributed by atoms with Crippen LogP contribution in [0.5, 0.6) is 0 Å². The molecule has 0 saturated heterocycles. The van der Waals surface area contributed by atoms with E-state index < -0.39 is 12.0 Å². The Kier molecular flexibility index (Phi) is 4.37. The Morgan fingerprint density at radius 2 is 2.33 bits per heavy atom. The quantitative estimate of drug-likeness (QED) is 0.754. The van der Waals surface area contributed by atoms with Gasteiger partial charge in [0.15, 0.2) is 0 Å². The predicted octanol–water partition coefficient (Wildman–Crippen LogP) is 1.87. The molecule has 4 heteroatoms. The Bertz CT molecular complexity index is 293. The van der Waals surface area contributed by atoms with Crippen molar-refractivity contribution in [3.05, 3.63) is 24.2 Å². The van der Waals surface area contributed by atoms with Crippen molar-refractivity contribution >= 4 is 5.97 Å². The summed E-state index contributed by atoms with van der Waals surface area (Å²) in [6.45, 7) is 4.46. The van der Waals surface area contributed by atoms with E-state index >= 15 is 0 Å². The van der Waals surface area contributed by atoms with Crippen molar-refractivity contribution in [3.8, 4) is 0 Å². The molecule has 0 saturated carbocycles. The molecule has 1 rings (SSSR count). The van der Waals surface area contributed by atoms with E-state index in [0.717, 1.165) is 5.76 Å². The summed E-state index contributed by atoms with van der Waals surface area (Å²) >= 11 is 0. The van der Waals surface area contributed by atoms with Gasteiger partial charge < -0.3 is 9.52 Å². The molecule has 0 aliphatic heterocycles. The number of hydrogen-bond acceptors (Lipinski definition) is 3. The highest BCUT2D eigenvalue weighted by Gasteiger charge is 2.18. The molecule has 0 aliphatic carbocycles. The van der Waals surface area contributed by atoms with Gasteiger partial charge in [-0.25, -0.2) is 0 Å². The first-order valence-corrected chi connectivity index (χ1v) is 5.08. The van der Waals surface area contributed by atoms with E-state index in [0.29, 0.717) is 18.9 Å². The number of hydrogen-bond donors (Lipinski definition) is 2. The van der Waals surface area contributed by atoms with Crippen LogP contribution in [0.25, 0.3) is 0 Å². The molecule has 4 nitrogen and oxygen atoms in total. The molecule has 0 radical (unpaired) electrons. The van der Waals surface area contributed by atoms with Gasteiger partial charge >= 0.3 is 5.97 Å². The summed E-state index contributed by atoms with van der Waals surface area (Å²) in [5.74, 6) is 0.301. The van der Waals surface area contributed by atoms with Gasteiger partial charge in [0.05, 0.1) is 12.8 Å². The van der Waals surface area contributed by atoms with Crippen LogP contribution >= 0.6 is 0 Å². The zero-order valence-corrected chi connectivity index (χ0v) is 9.06. The van der Waals surface area contributed by atoms with Crippen LogP contribution in [0.4, 0.5) is 0 Å². The summed E-state index contributed by atoms with van der Waals surface area (Å²) in [5, 5.41) is 11.9. The van der Waals surface area contributed by atoms with E-state index in [-0.39, 0.29) is 0 Å². The smallest absolute Gasteiger partial charge is 0.320 e. The number of carboxylic acids is 1. The minimum absolute atomic E-state index is 0.357. The maximum atomic E-state index is 10.9. The monoisotopic (exact) mass is 211 g/mol. The highest BCUT2D eigenvalue weighted by Crippen LogP contribution is 2.06. The number of carboxylic acid groups (broad SMARTS) is 1. The van der Waals surface area contributed by atoms with Crippen molar-refractivity contribution in [1.82, 2.24) is 5.32 Å². The van der Waals surface area contributed by atoms with Crippen molar-refractivity contribution in [2.24, 2.45) is 5.92 Å². The molecule has 1 heterocycles. The van der Waals surface area contributed by atoms with Gasteiger partial charge in [-0.05, 0) is 24.5 Å². The van der Waals surface area contributed by atoms with E-state index in [2.05, 4.69) is 5.32 Å². The first-order valence-electron chi connectivity index (χ1n) is 5.08.